The molecule has 1 heterocycles. The number of amides is 1. The highest BCUT2D eigenvalue weighted by atomic mass is 35.5. The summed E-state index contributed by atoms with van der Waals surface area (Å²) in [6.07, 6.45) is 1.13. The number of rotatable bonds is 8. The third-order valence-corrected chi connectivity index (χ3v) is 5.02. The highest BCUT2D eigenvalue weighted by molar-refractivity contribution is 5.86. The molecule has 0 aromatic heterocycles. The predicted octanol–water partition coefficient (Wildman–Crippen LogP) is 2.55. The van der Waals surface area contributed by atoms with E-state index in [1.165, 1.54) is 0 Å². The number of halogens is 2. The van der Waals surface area contributed by atoms with E-state index in [2.05, 4.69) is 30.1 Å². The van der Waals surface area contributed by atoms with Gasteiger partial charge in [0.2, 0.25) is 5.91 Å². The molecule has 156 valence electrons. The molecule has 1 aliphatic heterocycles. The zero-order valence-corrected chi connectivity index (χ0v) is 18.0. The topological polar surface area (TPSA) is 76.8 Å². The van der Waals surface area contributed by atoms with Gasteiger partial charge in [0.1, 0.15) is 5.75 Å². The first-order valence-electron chi connectivity index (χ1n) is 9.07. The number of nitrogens with two attached hydrogens (primary N) is 1. The molecule has 1 aromatic carbocycles. The molecule has 1 aliphatic rings. The largest absolute Gasteiger partial charge is 0.497 e. The zero-order valence-electron chi connectivity index (χ0n) is 16.4. The van der Waals surface area contributed by atoms with Crippen LogP contribution in [0, 0.1) is 0 Å². The highest BCUT2D eigenvalue weighted by Crippen LogP contribution is 2.24. The van der Waals surface area contributed by atoms with E-state index in [9.17, 15) is 4.79 Å². The molecule has 1 aromatic rings. The average Bonchev–Trinajstić information content (AvgIpc) is 2.65. The van der Waals surface area contributed by atoms with E-state index >= 15 is 0 Å². The molecular formula is C19H33Cl2N3O3. The third kappa shape index (κ3) is 6.80. The summed E-state index contributed by atoms with van der Waals surface area (Å²) >= 11 is 0. The van der Waals surface area contributed by atoms with Crippen LogP contribution in [0.5, 0.6) is 5.75 Å². The molecule has 0 radical (unpaired) electrons. The lowest BCUT2D eigenvalue weighted by molar-refractivity contribution is -0.130. The van der Waals surface area contributed by atoms with Gasteiger partial charge in [0.05, 0.1) is 18.7 Å². The van der Waals surface area contributed by atoms with E-state index in [0.29, 0.717) is 32.6 Å². The monoisotopic (exact) mass is 421 g/mol. The van der Waals surface area contributed by atoms with Gasteiger partial charge in [-0.2, -0.15) is 0 Å². The van der Waals surface area contributed by atoms with Crippen molar-refractivity contribution in [2.24, 2.45) is 5.73 Å². The summed E-state index contributed by atoms with van der Waals surface area (Å²) in [4.78, 5) is 15.0. The van der Waals surface area contributed by atoms with Crippen LogP contribution in [0.3, 0.4) is 0 Å². The Kier molecular flexibility index (Phi) is 11.9. The fourth-order valence-corrected chi connectivity index (χ4v) is 3.30. The Morgan fingerprint density at radius 3 is 2.48 bits per heavy atom. The van der Waals surface area contributed by atoms with Gasteiger partial charge in [0, 0.05) is 19.8 Å². The minimum absolute atomic E-state index is 0. The van der Waals surface area contributed by atoms with E-state index in [1.54, 1.807) is 7.11 Å². The lowest BCUT2D eigenvalue weighted by Crippen LogP contribution is -2.57. The maximum Gasteiger partial charge on any atom is 0.240 e. The van der Waals surface area contributed by atoms with E-state index < -0.39 is 5.54 Å². The molecule has 0 bridgehead atoms. The first-order chi connectivity index (χ1) is 12.0. The average molecular weight is 422 g/mol. The number of nitrogens with one attached hydrogen (secondary N) is 1. The van der Waals surface area contributed by atoms with E-state index in [-0.39, 0.29) is 36.8 Å². The summed E-state index contributed by atoms with van der Waals surface area (Å²) in [6, 6.07) is 8.09. The van der Waals surface area contributed by atoms with Crippen LogP contribution in [-0.2, 0) is 9.53 Å². The van der Waals surface area contributed by atoms with Crippen molar-refractivity contribution in [2.45, 2.75) is 38.3 Å². The van der Waals surface area contributed by atoms with Crippen molar-refractivity contribution in [3.05, 3.63) is 29.8 Å². The number of likely N-dealkylation sites (N-methyl/N-ethyl adjacent to an activating group) is 1. The number of hydrogen-bond donors (Lipinski definition) is 2. The van der Waals surface area contributed by atoms with Gasteiger partial charge in [-0.15, -0.1) is 24.8 Å². The Bertz CT molecular complexity index is 565. The molecule has 2 rings (SSSR count). The van der Waals surface area contributed by atoms with Crippen LogP contribution in [0.4, 0.5) is 0 Å². The van der Waals surface area contributed by atoms with E-state index in [4.69, 9.17) is 15.2 Å². The van der Waals surface area contributed by atoms with E-state index in [0.717, 1.165) is 24.4 Å². The van der Waals surface area contributed by atoms with Crippen molar-refractivity contribution in [3.63, 3.8) is 0 Å². The Morgan fingerprint density at radius 2 is 1.93 bits per heavy atom. The number of carbonyl (C=O) groups excluding carboxylic acids is 1. The molecule has 6 nitrogen and oxygen atoms in total. The molecular weight excluding hydrogens is 389 g/mol. The number of ether oxygens (including phenoxy) is 2. The fourth-order valence-electron chi connectivity index (χ4n) is 3.30. The van der Waals surface area contributed by atoms with Gasteiger partial charge in [0.15, 0.2) is 0 Å². The predicted molar refractivity (Wildman–Crippen MR) is 113 cm³/mol. The summed E-state index contributed by atoms with van der Waals surface area (Å²) in [6.45, 7) is 7.65. The van der Waals surface area contributed by atoms with Crippen molar-refractivity contribution < 1.29 is 14.3 Å². The molecule has 1 amide bonds. The SMILES string of the molecule is CCN(CC)C(CNC(=O)C1(N)CCOCC1)c1cccc(OC)c1.Cl.Cl. The van der Waals surface area contributed by atoms with Gasteiger partial charge in [-0.1, -0.05) is 26.0 Å². The number of benzene rings is 1. The number of hydrogen-bond acceptors (Lipinski definition) is 5. The molecule has 1 unspecified atom stereocenters. The van der Waals surface area contributed by atoms with Crippen molar-refractivity contribution in [1.29, 1.82) is 0 Å². The molecule has 1 atom stereocenters. The Morgan fingerprint density at radius 1 is 1.30 bits per heavy atom. The maximum absolute atomic E-state index is 12.6. The second kappa shape index (κ2) is 12.4. The summed E-state index contributed by atoms with van der Waals surface area (Å²) in [7, 11) is 1.66. The second-order valence-corrected chi connectivity index (χ2v) is 6.49. The van der Waals surface area contributed by atoms with Gasteiger partial charge in [-0.25, -0.2) is 0 Å². The van der Waals surface area contributed by atoms with Crippen LogP contribution >= 0.6 is 24.8 Å². The summed E-state index contributed by atoms with van der Waals surface area (Å²) < 4.78 is 10.7. The molecule has 8 heteroatoms. The van der Waals surface area contributed by atoms with Crippen LogP contribution < -0.4 is 15.8 Å². The normalized spacial score (nSPS) is 16.6. The van der Waals surface area contributed by atoms with Crippen molar-refractivity contribution in [3.8, 4) is 5.75 Å². The third-order valence-electron chi connectivity index (χ3n) is 5.02. The Hall–Kier alpha value is -1.05. The molecule has 3 N–H and O–H groups in total. The van der Waals surface area contributed by atoms with Crippen LogP contribution in [0.2, 0.25) is 0 Å². The molecule has 0 aliphatic carbocycles. The zero-order chi connectivity index (χ0) is 18.3. The first-order valence-corrected chi connectivity index (χ1v) is 9.07. The quantitative estimate of drug-likeness (QED) is 0.674. The number of methoxy groups -OCH3 is 1. The summed E-state index contributed by atoms with van der Waals surface area (Å²) in [5.74, 6) is 0.733. The smallest absolute Gasteiger partial charge is 0.240 e. The van der Waals surface area contributed by atoms with E-state index in [1.807, 2.05) is 18.2 Å². The van der Waals surface area contributed by atoms with Gasteiger partial charge in [-0.05, 0) is 43.6 Å². The van der Waals surface area contributed by atoms with Crippen LogP contribution in [0.15, 0.2) is 24.3 Å². The second-order valence-electron chi connectivity index (χ2n) is 6.49. The first kappa shape index (κ1) is 26.0. The molecule has 0 saturated carbocycles. The molecule has 1 fully saturated rings. The van der Waals surface area contributed by atoms with Crippen molar-refractivity contribution >= 4 is 30.7 Å². The van der Waals surface area contributed by atoms with Crippen LogP contribution in [0.25, 0.3) is 0 Å². The fraction of sp³-hybridized carbons (Fsp3) is 0.632. The number of nitrogens with zero attached hydrogens (tertiary/aromatic N) is 1. The molecule has 0 spiro atoms. The minimum Gasteiger partial charge on any atom is -0.497 e. The molecule has 27 heavy (non-hydrogen) atoms. The van der Waals surface area contributed by atoms with Gasteiger partial charge < -0.3 is 20.5 Å². The van der Waals surface area contributed by atoms with Crippen LogP contribution in [-0.4, -0.2) is 56.3 Å². The maximum atomic E-state index is 12.6. The van der Waals surface area contributed by atoms with Gasteiger partial charge >= 0.3 is 0 Å². The minimum atomic E-state index is -0.819. The molecule has 1 saturated heterocycles. The Labute approximate surface area is 175 Å². The lowest BCUT2D eigenvalue weighted by atomic mass is 9.90. The lowest BCUT2D eigenvalue weighted by Gasteiger charge is -2.34. The number of carbonyl (C=O) groups is 1. The van der Waals surface area contributed by atoms with Crippen LogP contribution in [0.1, 0.15) is 38.3 Å². The Balaban J connectivity index is 0.00000338. The summed E-state index contributed by atoms with van der Waals surface area (Å²) in [5, 5.41) is 3.08. The van der Waals surface area contributed by atoms with Gasteiger partial charge in [0.25, 0.3) is 0 Å². The highest BCUT2D eigenvalue weighted by Gasteiger charge is 2.36. The standard InChI is InChI=1S/C19H31N3O3.2ClH/c1-4-22(5-2)17(15-7-6-8-16(13-15)24-3)14-21-18(23)19(20)9-11-25-12-10-19;;/h6-8,13,17H,4-5,9-12,14,20H2,1-3H3,(H,21,23);2*1H. The van der Waals surface area contributed by atoms with Crippen molar-refractivity contribution in [2.75, 3.05) is 40.0 Å². The van der Waals surface area contributed by atoms with Crippen molar-refractivity contribution in [1.82, 2.24) is 10.2 Å². The summed E-state index contributed by atoms with van der Waals surface area (Å²) in [5.41, 5.74) is 6.60. The van der Waals surface area contributed by atoms with Gasteiger partial charge in [-0.3, -0.25) is 9.69 Å².